The Balaban J connectivity index is 1.79. The molecule has 1 aliphatic rings. The lowest BCUT2D eigenvalue weighted by atomic mass is 10.1. The van der Waals surface area contributed by atoms with Gasteiger partial charge in [0.05, 0.1) is 18.1 Å². The van der Waals surface area contributed by atoms with Crippen molar-refractivity contribution in [1.82, 2.24) is 10.2 Å². The molecule has 3 rings (SSSR count). The summed E-state index contributed by atoms with van der Waals surface area (Å²) in [6.07, 6.45) is 5.07. The molecule has 2 aromatic carbocycles. The number of morpholine rings is 1. The Morgan fingerprint density at radius 3 is 2.33 bits per heavy atom. The Morgan fingerprint density at radius 1 is 1.03 bits per heavy atom. The monoisotopic (exact) mass is 407 g/mol. The number of nitro groups is 1. The molecule has 30 heavy (non-hydrogen) atoms. The van der Waals surface area contributed by atoms with Crippen molar-refractivity contribution in [3.63, 3.8) is 0 Å². The van der Waals surface area contributed by atoms with Gasteiger partial charge in [-0.1, -0.05) is 42.5 Å². The summed E-state index contributed by atoms with van der Waals surface area (Å²) in [6, 6.07) is 14.7. The molecule has 0 aliphatic carbocycles. The number of ether oxygens (including phenoxy) is 1. The van der Waals surface area contributed by atoms with Crippen LogP contribution in [-0.2, 0) is 9.53 Å². The molecule has 1 aliphatic heterocycles. The molecule has 2 aromatic rings. The van der Waals surface area contributed by atoms with Gasteiger partial charge in [0.15, 0.2) is 0 Å². The second kappa shape index (κ2) is 10.1. The van der Waals surface area contributed by atoms with E-state index in [0.29, 0.717) is 26.3 Å². The molecule has 2 amide bonds. The molecule has 0 atom stereocenters. The van der Waals surface area contributed by atoms with Crippen LogP contribution in [0.2, 0.25) is 0 Å². The number of carbonyl (C=O) groups is 2. The van der Waals surface area contributed by atoms with Crippen LogP contribution in [0.5, 0.6) is 0 Å². The number of nitrogens with one attached hydrogen (secondary N) is 1. The van der Waals surface area contributed by atoms with E-state index in [9.17, 15) is 19.7 Å². The first-order valence-corrected chi connectivity index (χ1v) is 9.41. The van der Waals surface area contributed by atoms with E-state index < -0.39 is 10.8 Å². The molecule has 0 spiro atoms. The van der Waals surface area contributed by atoms with Crippen LogP contribution >= 0.6 is 0 Å². The minimum atomic E-state index is -0.538. The normalized spacial score (nSPS) is 14.5. The second-order valence-electron chi connectivity index (χ2n) is 6.51. The Hall–Kier alpha value is -3.78. The number of hydrogen-bond donors (Lipinski definition) is 1. The highest BCUT2D eigenvalue weighted by Crippen LogP contribution is 2.13. The zero-order valence-corrected chi connectivity index (χ0v) is 16.2. The molecular formula is C22H21N3O5. The largest absolute Gasteiger partial charge is 0.378 e. The lowest BCUT2D eigenvalue weighted by molar-refractivity contribution is -0.384. The Labute approximate surface area is 173 Å². The van der Waals surface area contributed by atoms with Crippen LogP contribution in [0, 0.1) is 10.1 Å². The molecular weight excluding hydrogens is 386 g/mol. The quantitative estimate of drug-likeness (QED) is 0.343. The Bertz CT molecular complexity index is 962. The van der Waals surface area contributed by atoms with Gasteiger partial charge in [0.25, 0.3) is 17.5 Å². The van der Waals surface area contributed by atoms with E-state index in [-0.39, 0.29) is 22.9 Å². The molecule has 1 heterocycles. The molecule has 1 N–H and O–H groups in total. The van der Waals surface area contributed by atoms with Gasteiger partial charge in [0, 0.05) is 30.8 Å². The number of non-ortho nitro benzene ring substituents is 1. The summed E-state index contributed by atoms with van der Waals surface area (Å²) >= 11 is 0. The van der Waals surface area contributed by atoms with Crippen molar-refractivity contribution in [2.24, 2.45) is 0 Å². The van der Waals surface area contributed by atoms with E-state index in [0.717, 1.165) is 5.56 Å². The van der Waals surface area contributed by atoms with Crippen LogP contribution in [0.1, 0.15) is 15.9 Å². The number of carbonyl (C=O) groups excluding carboxylic acids is 2. The summed E-state index contributed by atoms with van der Waals surface area (Å²) in [5.74, 6) is -0.836. The standard InChI is InChI=1S/C22H21N3O5/c26-21(18-9-11-19(12-10-18)25(28)29)23-20(22(27)24-13-15-30-16-14-24)8-4-7-17-5-2-1-3-6-17/h1-12H,13-16H2,(H,23,26)/b7-4-,20-8+. The molecule has 1 fully saturated rings. The summed E-state index contributed by atoms with van der Waals surface area (Å²) in [6.45, 7) is 1.75. The third-order valence-electron chi connectivity index (χ3n) is 4.47. The molecule has 1 saturated heterocycles. The maximum Gasteiger partial charge on any atom is 0.270 e. The third-order valence-corrected chi connectivity index (χ3v) is 4.47. The number of rotatable bonds is 6. The molecule has 0 aromatic heterocycles. The van der Waals surface area contributed by atoms with E-state index in [1.165, 1.54) is 24.3 Å². The lowest BCUT2D eigenvalue weighted by Crippen LogP contribution is -2.44. The predicted octanol–water partition coefficient (Wildman–Crippen LogP) is 2.78. The van der Waals surface area contributed by atoms with E-state index in [1.807, 2.05) is 36.4 Å². The molecule has 0 bridgehead atoms. The van der Waals surface area contributed by atoms with Crippen LogP contribution in [0.3, 0.4) is 0 Å². The number of amides is 2. The van der Waals surface area contributed by atoms with E-state index >= 15 is 0 Å². The van der Waals surface area contributed by atoms with Gasteiger partial charge in [0.2, 0.25) is 0 Å². The summed E-state index contributed by atoms with van der Waals surface area (Å²) in [5, 5.41) is 13.4. The molecule has 0 saturated carbocycles. The Kier molecular flexibility index (Phi) is 7.07. The maximum atomic E-state index is 12.9. The fourth-order valence-electron chi connectivity index (χ4n) is 2.85. The van der Waals surface area contributed by atoms with E-state index in [4.69, 9.17) is 4.74 Å². The zero-order valence-electron chi connectivity index (χ0n) is 16.2. The first kappa shape index (κ1) is 20.9. The minimum Gasteiger partial charge on any atom is -0.378 e. The molecule has 8 heteroatoms. The minimum absolute atomic E-state index is 0.113. The van der Waals surface area contributed by atoms with Crippen molar-refractivity contribution in [3.8, 4) is 0 Å². The van der Waals surface area contributed by atoms with Crippen molar-refractivity contribution in [3.05, 3.63) is 93.7 Å². The molecule has 0 radical (unpaired) electrons. The number of nitrogens with zero attached hydrogens (tertiary/aromatic N) is 2. The van der Waals surface area contributed by atoms with Gasteiger partial charge in [-0.05, 0) is 23.8 Å². The molecule has 154 valence electrons. The van der Waals surface area contributed by atoms with Crippen LogP contribution in [0.15, 0.2) is 72.4 Å². The van der Waals surface area contributed by atoms with Gasteiger partial charge >= 0.3 is 0 Å². The van der Waals surface area contributed by atoms with Gasteiger partial charge in [-0.25, -0.2) is 0 Å². The van der Waals surface area contributed by atoms with Crippen molar-refractivity contribution in [2.75, 3.05) is 26.3 Å². The van der Waals surface area contributed by atoms with Crippen molar-refractivity contribution >= 4 is 23.6 Å². The number of allylic oxidation sites excluding steroid dienone is 2. The van der Waals surface area contributed by atoms with Crippen molar-refractivity contribution in [2.45, 2.75) is 0 Å². The van der Waals surface area contributed by atoms with Gasteiger partial charge in [0.1, 0.15) is 5.70 Å². The van der Waals surface area contributed by atoms with Gasteiger partial charge in [-0.3, -0.25) is 19.7 Å². The third kappa shape index (κ3) is 5.62. The number of nitro benzene ring substituents is 1. The first-order chi connectivity index (χ1) is 14.5. The molecule has 8 nitrogen and oxygen atoms in total. The van der Waals surface area contributed by atoms with Crippen LogP contribution in [0.4, 0.5) is 5.69 Å². The van der Waals surface area contributed by atoms with Crippen LogP contribution < -0.4 is 5.32 Å². The fourth-order valence-corrected chi connectivity index (χ4v) is 2.85. The number of benzene rings is 2. The summed E-state index contributed by atoms with van der Waals surface area (Å²) in [7, 11) is 0. The maximum absolute atomic E-state index is 12.9. The summed E-state index contributed by atoms with van der Waals surface area (Å²) in [5.41, 5.74) is 1.17. The van der Waals surface area contributed by atoms with Crippen molar-refractivity contribution in [1.29, 1.82) is 0 Å². The van der Waals surface area contributed by atoms with Gasteiger partial charge < -0.3 is 15.0 Å². The predicted molar refractivity (Wildman–Crippen MR) is 112 cm³/mol. The smallest absolute Gasteiger partial charge is 0.270 e. The topological polar surface area (TPSA) is 102 Å². The summed E-state index contributed by atoms with van der Waals surface area (Å²) < 4.78 is 5.28. The van der Waals surface area contributed by atoms with E-state index in [2.05, 4.69) is 5.32 Å². The fraction of sp³-hybridized carbons (Fsp3) is 0.182. The lowest BCUT2D eigenvalue weighted by Gasteiger charge is -2.27. The summed E-state index contributed by atoms with van der Waals surface area (Å²) in [4.78, 5) is 37.4. The highest BCUT2D eigenvalue weighted by Gasteiger charge is 2.22. The van der Waals surface area contributed by atoms with Gasteiger partial charge in [-0.2, -0.15) is 0 Å². The average Bonchev–Trinajstić information content (AvgIpc) is 2.79. The van der Waals surface area contributed by atoms with Gasteiger partial charge in [-0.15, -0.1) is 0 Å². The SMILES string of the molecule is O=C(N/C(=C/C=C\c1ccccc1)C(=O)N1CCOCC1)c1ccc([N+](=O)[O-])cc1. The van der Waals surface area contributed by atoms with Crippen molar-refractivity contribution < 1.29 is 19.2 Å². The zero-order chi connectivity index (χ0) is 21.3. The number of hydrogen-bond acceptors (Lipinski definition) is 5. The average molecular weight is 407 g/mol. The Morgan fingerprint density at radius 2 is 1.70 bits per heavy atom. The highest BCUT2D eigenvalue weighted by molar-refractivity contribution is 6.03. The van der Waals surface area contributed by atoms with Crippen LogP contribution in [-0.4, -0.2) is 47.9 Å². The first-order valence-electron chi connectivity index (χ1n) is 9.41. The molecule has 0 unspecified atom stereocenters. The second-order valence-corrected chi connectivity index (χ2v) is 6.51. The van der Waals surface area contributed by atoms with Crippen LogP contribution in [0.25, 0.3) is 6.08 Å². The highest BCUT2D eigenvalue weighted by atomic mass is 16.6. The van der Waals surface area contributed by atoms with E-state index in [1.54, 1.807) is 17.1 Å².